The Morgan fingerprint density at radius 2 is 1.97 bits per heavy atom. The third kappa shape index (κ3) is 7.31. The minimum Gasteiger partial charge on any atom is -0.444 e. The molecule has 3 heterocycles. The largest absolute Gasteiger partial charge is 0.444 e. The Morgan fingerprint density at radius 3 is 2.59 bits per heavy atom. The Kier molecular flexibility index (Phi) is 10.6. The van der Waals surface area contributed by atoms with Gasteiger partial charge < -0.3 is 15.0 Å². The van der Waals surface area contributed by atoms with Crippen molar-refractivity contribution in [1.29, 1.82) is 0 Å². The zero-order valence-corrected chi connectivity index (χ0v) is 22.9. The smallest absolute Gasteiger partial charge is 0.410 e. The number of carbonyl (C=O) groups excluding carboxylic acids is 1. The van der Waals surface area contributed by atoms with E-state index in [1.807, 2.05) is 48.5 Å². The number of aryl methyl sites for hydroxylation is 1. The van der Waals surface area contributed by atoms with Gasteiger partial charge in [-0.05, 0) is 52.2 Å². The summed E-state index contributed by atoms with van der Waals surface area (Å²) in [6.07, 6.45) is 2.71. The van der Waals surface area contributed by atoms with Crippen LogP contribution in [0.5, 0.6) is 0 Å². The molecule has 1 N–H and O–H groups in total. The molecule has 0 fully saturated rings. The topological polar surface area (TPSA) is 80.2 Å². The number of nitrogens with one attached hydrogen (secondary N) is 1. The lowest BCUT2D eigenvalue weighted by molar-refractivity contribution is 0.0240. The predicted octanol–water partition coefficient (Wildman–Crippen LogP) is 6.72. The minimum absolute atomic E-state index is 0.0708. The number of nitrogens with zero attached hydrogens (tertiary/aromatic N) is 4. The summed E-state index contributed by atoms with van der Waals surface area (Å²) < 4.78 is 20.5. The number of ether oxygens (including phenoxy) is 1. The van der Waals surface area contributed by atoms with Gasteiger partial charge in [0.15, 0.2) is 16.1 Å². The van der Waals surface area contributed by atoms with Gasteiger partial charge in [-0.3, -0.25) is 0 Å². The second-order valence-corrected chi connectivity index (χ2v) is 10.4. The number of amides is 1. The molecule has 0 saturated heterocycles. The lowest BCUT2D eigenvalue weighted by Gasteiger charge is -2.31. The third-order valence-corrected chi connectivity index (χ3v) is 5.95. The fourth-order valence-electron chi connectivity index (χ4n) is 3.71. The van der Waals surface area contributed by atoms with Crippen LogP contribution in [0.4, 0.5) is 15.0 Å². The van der Waals surface area contributed by atoms with Crippen molar-refractivity contribution in [2.24, 2.45) is 0 Å². The SMILES string of the molecule is CC.CCCN(C[C@H]1CCCc2nc(Cl)c(F)c3nc(SCC)nc(c23)N1)C(=O)OC(C)(C)C. The summed E-state index contributed by atoms with van der Waals surface area (Å²) in [5, 5.41) is 4.33. The van der Waals surface area contributed by atoms with Crippen LogP contribution >= 0.6 is 23.4 Å². The van der Waals surface area contributed by atoms with E-state index >= 15 is 0 Å². The van der Waals surface area contributed by atoms with Crippen LogP contribution < -0.4 is 5.32 Å². The molecule has 0 aromatic carbocycles. The van der Waals surface area contributed by atoms with Crippen LogP contribution in [0.25, 0.3) is 10.9 Å². The molecule has 0 saturated carbocycles. The molecule has 1 amide bonds. The first-order valence-corrected chi connectivity index (χ1v) is 13.4. The third-order valence-electron chi connectivity index (χ3n) is 4.97. The number of halogens is 2. The fraction of sp³-hybridized carbons (Fsp3) is 0.667. The molecule has 7 nitrogen and oxygen atoms in total. The van der Waals surface area contributed by atoms with Crippen LogP contribution in [0.15, 0.2) is 5.16 Å². The second-order valence-electron chi connectivity index (χ2n) is 8.83. The summed E-state index contributed by atoms with van der Waals surface area (Å²) in [7, 11) is 0. The molecule has 3 rings (SSSR count). The number of thioether (sulfide) groups is 1. The van der Waals surface area contributed by atoms with Crippen LogP contribution in [0.3, 0.4) is 0 Å². The van der Waals surface area contributed by atoms with Gasteiger partial charge in [-0.25, -0.2) is 24.1 Å². The number of rotatable bonds is 6. The van der Waals surface area contributed by atoms with Gasteiger partial charge >= 0.3 is 6.09 Å². The van der Waals surface area contributed by atoms with Crippen LogP contribution in [-0.4, -0.2) is 56.4 Å². The summed E-state index contributed by atoms with van der Waals surface area (Å²) in [5.41, 5.74) is 0.314. The van der Waals surface area contributed by atoms with E-state index in [-0.39, 0.29) is 22.8 Å². The molecular weight excluding hydrogens is 477 g/mol. The predicted molar refractivity (Wildman–Crippen MR) is 138 cm³/mol. The van der Waals surface area contributed by atoms with Gasteiger partial charge in [0.1, 0.15) is 16.9 Å². The average molecular weight is 514 g/mol. The maximum absolute atomic E-state index is 14.9. The van der Waals surface area contributed by atoms with Crippen molar-refractivity contribution >= 4 is 46.2 Å². The van der Waals surface area contributed by atoms with Gasteiger partial charge in [-0.2, -0.15) is 0 Å². The van der Waals surface area contributed by atoms with E-state index in [4.69, 9.17) is 16.3 Å². The van der Waals surface area contributed by atoms with E-state index in [0.717, 1.165) is 25.0 Å². The molecule has 10 heteroatoms. The monoisotopic (exact) mass is 513 g/mol. The van der Waals surface area contributed by atoms with Crippen LogP contribution in [-0.2, 0) is 11.2 Å². The summed E-state index contributed by atoms with van der Waals surface area (Å²) >= 11 is 7.49. The van der Waals surface area contributed by atoms with E-state index in [9.17, 15) is 9.18 Å². The van der Waals surface area contributed by atoms with Crippen molar-refractivity contribution in [3.8, 4) is 0 Å². The summed E-state index contributed by atoms with van der Waals surface area (Å²) in [6.45, 7) is 14.6. The van der Waals surface area contributed by atoms with Gasteiger partial charge in [-0.1, -0.05) is 51.1 Å². The summed E-state index contributed by atoms with van der Waals surface area (Å²) in [5.74, 6) is 0.659. The van der Waals surface area contributed by atoms with Gasteiger partial charge in [0.25, 0.3) is 0 Å². The van der Waals surface area contributed by atoms with E-state index in [0.29, 0.717) is 41.6 Å². The summed E-state index contributed by atoms with van der Waals surface area (Å²) in [6, 6.07) is -0.0708. The van der Waals surface area contributed by atoms with Crippen LogP contribution in [0, 0.1) is 5.82 Å². The van der Waals surface area contributed by atoms with Gasteiger partial charge in [0.2, 0.25) is 0 Å². The number of aromatic nitrogens is 3. The zero-order valence-electron chi connectivity index (χ0n) is 21.3. The summed E-state index contributed by atoms with van der Waals surface area (Å²) in [4.78, 5) is 27.8. The molecule has 190 valence electrons. The molecule has 1 aliphatic heterocycles. The molecule has 0 aliphatic carbocycles. The van der Waals surface area contributed by atoms with Crippen molar-refractivity contribution in [3.05, 3.63) is 16.7 Å². The Labute approximate surface area is 211 Å². The highest BCUT2D eigenvalue weighted by atomic mass is 35.5. The fourth-order valence-corrected chi connectivity index (χ4v) is 4.47. The van der Waals surface area contributed by atoms with Crippen molar-refractivity contribution in [2.45, 2.75) is 90.9 Å². The normalized spacial score (nSPS) is 15.5. The molecule has 34 heavy (non-hydrogen) atoms. The van der Waals surface area contributed by atoms with E-state index in [2.05, 4.69) is 20.3 Å². The van der Waals surface area contributed by atoms with Crippen LogP contribution in [0.2, 0.25) is 5.15 Å². The first-order chi connectivity index (χ1) is 16.1. The molecule has 0 spiro atoms. The average Bonchev–Trinajstić information content (AvgIpc) is 2.75. The van der Waals surface area contributed by atoms with Gasteiger partial charge in [-0.15, -0.1) is 0 Å². The highest BCUT2D eigenvalue weighted by molar-refractivity contribution is 7.99. The molecule has 2 aromatic heterocycles. The minimum atomic E-state index is -0.632. The number of pyridine rings is 1. The molecule has 2 aromatic rings. The molecule has 1 aliphatic rings. The number of hydrogen-bond acceptors (Lipinski definition) is 7. The van der Waals surface area contributed by atoms with Crippen molar-refractivity contribution in [3.63, 3.8) is 0 Å². The quantitative estimate of drug-likeness (QED) is 0.261. The number of carbonyl (C=O) groups is 1. The first kappa shape index (κ1) is 28.4. The Morgan fingerprint density at radius 1 is 1.26 bits per heavy atom. The van der Waals surface area contributed by atoms with Crippen molar-refractivity contribution < 1.29 is 13.9 Å². The highest BCUT2D eigenvalue weighted by Crippen LogP contribution is 2.34. The molecule has 1 atom stereocenters. The molecule has 0 unspecified atom stereocenters. The lowest BCUT2D eigenvalue weighted by atomic mass is 10.0. The van der Waals surface area contributed by atoms with E-state index in [1.165, 1.54) is 11.8 Å². The number of anilines is 1. The van der Waals surface area contributed by atoms with Crippen LogP contribution in [0.1, 0.15) is 73.4 Å². The second kappa shape index (κ2) is 12.7. The maximum atomic E-state index is 14.9. The molecule has 0 radical (unpaired) electrons. The maximum Gasteiger partial charge on any atom is 0.410 e. The highest BCUT2D eigenvalue weighted by Gasteiger charge is 2.27. The first-order valence-electron chi connectivity index (χ1n) is 12.1. The zero-order chi connectivity index (χ0) is 25.5. The Balaban J connectivity index is 0.00000199. The standard InChI is InChI=1S/C22H31ClFN5O2S.C2H6/c1-6-11-29(21(30)31-22(3,4)5)12-13-9-8-10-14-15-17(16(24)18(23)26-14)27-20(32-7-2)28-19(15)25-13;1-2/h13H,6-12H2,1-5H3,(H,25,27,28);1-2H3/t13-;/m1./s1. The Hall–Kier alpha value is -1.87. The lowest BCUT2D eigenvalue weighted by Crippen LogP contribution is -2.44. The van der Waals surface area contributed by atoms with E-state index in [1.54, 1.807) is 4.90 Å². The molecule has 0 bridgehead atoms. The van der Waals surface area contributed by atoms with Gasteiger partial charge in [0.05, 0.1) is 11.1 Å². The molecular formula is C24H37ClFN5O2S. The van der Waals surface area contributed by atoms with Crippen molar-refractivity contribution in [2.75, 3.05) is 24.2 Å². The Bertz CT molecular complexity index is 986. The van der Waals surface area contributed by atoms with Gasteiger partial charge in [0, 0.05) is 19.1 Å². The van der Waals surface area contributed by atoms with E-state index < -0.39 is 11.4 Å². The van der Waals surface area contributed by atoms with Crippen molar-refractivity contribution in [1.82, 2.24) is 19.9 Å². The number of hydrogen-bond donors (Lipinski definition) is 1.